The lowest BCUT2D eigenvalue weighted by Gasteiger charge is -2.24. The minimum atomic E-state index is -2.66. The molecule has 1 atom stereocenters. The molecule has 1 aliphatic carbocycles. The molecule has 2 rings (SSSR count). The van der Waals surface area contributed by atoms with Gasteiger partial charge in [-0.05, 0) is 12.3 Å². The standard InChI is InChI=1S/C11H14F2N2O3/c12-11(13)4-3-7(5-11)6-15-9(16)2-1-8(14-15)10(17)18/h7H,1-6H2,(H,17,18). The van der Waals surface area contributed by atoms with E-state index in [0.29, 0.717) is 6.42 Å². The van der Waals surface area contributed by atoms with E-state index in [0.717, 1.165) is 5.01 Å². The van der Waals surface area contributed by atoms with Crippen LogP contribution in [0.4, 0.5) is 8.78 Å². The molecule has 0 radical (unpaired) electrons. The Bertz CT molecular complexity index is 409. The van der Waals surface area contributed by atoms with Crippen molar-refractivity contribution in [3.05, 3.63) is 0 Å². The maximum atomic E-state index is 13.0. The zero-order valence-electron chi connectivity index (χ0n) is 9.73. The average Bonchev–Trinajstić information content (AvgIpc) is 2.61. The van der Waals surface area contributed by atoms with Crippen molar-refractivity contribution in [3.8, 4) is 0 Å². The van der Waals surface area contributed by atoms with Gasteiger partial charge in [0.05, 0.1) is 0 Å². The van der Waals surface area contributed by atoms with Crippen molar-refractivity contribution in [2.24, 2.45) is 11.0 Å². The highest BCUT2D eigenvalue weighted by Gasteiger charge is 2.40. The Hall–Kier alpha value is -1.53. The second-order valence-electron chi connectivity index (χ2n) is 4.79. The summed E-state index contributed by atoms with van der Waals surface area (Å²) in [5.41, 5.74) is -0.0839. The van der Waals surface area contributed by atoms with Crippen LogP contribution in [0.2, 0.25) is 0 Å². The van der Waals surface area contributed by atoms with Crippen molar-refractivity contribution >= 4 is 17.6 Å². The summed E-state index contributed by atoms with van der Waals surface area (Å²) in [7, 11) is 0. The minimum absolute atomic E-state index is 0.0776. The van der Waals surface area contributed by atoms with Gasteiger partial charge < -0.3 is 5.11 Å². The van der Waals surface area contributed by atoms with Crippen molar-refractivity contribution in [1.29, 1.82) is 0 Å². The molecule has 1 unspecified atom stereocenters. The van der Waals surface area contributed by atoms with Gasteiger partial charge in [0.15, 0.2) is 0 Å². The van der Waals surface area contributed by atoms with E-state index < -0.39 is 11.9 Å². The Kier molecular flexibility index (Phi) is 3.32. The van der Waals surface area contributed by atoms with Gasteiger partial charge in [-0.2, -0.15) is 5.10 Å². The van der Waals surface area contributed by atoms with E-state index in [2.05, 4.69) is 5.10 Å². The van der Waals surface area contributed by atoms with E-state index in [1.807, 2.05) is 0 Å². The second kappa shape index (κ2) is 4.62. The van der Waals surface area contributed by atoms with Crippen LogP contribution >= 0.6 is 0 Å². The number of hydrogen-bond donors (Lipinski definition) is 1. The summed E-state index contributed by atoms with van der Waals surface area (Å²) < 4.78 is 26.0. The van der Waals surface area contributed by atoms with Gasteiger partial charge in [0.25, 0.3) is 0 Å². The molecule has 100 valence electrons. The highest BCUT2D eigenvalue weighted by Crippen LogP contribution is 2.39. The first-order chi connectivity index (χ1) is 8.37. The molecule has 7 heteroatoms. The molecule has 1 aliphatic heterocycles. The maximum absolute atomic E-state index is 13.0. The molecule has 1 amide bonds. The molecule has 1 N–H and O–H groups in total. The van der Waals surface area contributed by atoms with Crippen LogP contribution in [0.15, 0.2) is 5.10 Å². The summed E-state index contributed by atoms with van der Waals surface area (Å²) in [5.74, 6) is -4.43. The van der Waals surface area contributed by atoms with Crippen LogP contribution in [-0.4, -0.2) is 40.2 Å². The third kappa shape index (κ3) is 2.83. The van der Waals surface area contributed by atoms with Gasteiger partial charge in [-0.1, -0.05) is 0 Å². The number of alkyl halides is 2. The summed E-state index contributed by atoms with van der Waals surface area (Å²) in [6.07, 6.45) is 0.0956. The van der Waals surface area contributed by atoms with E-state index in [9.17, 15) is 18.4 Å². The van der Waals surface area contributed by atoms with Crippen molar-refractivity contribution in [2.45, 2.75) is 38.0 Å². The smallest absolute Gasteiger partial charge is 0.352 e. The van der Waals surface area contributed by atoms with Crippen LogP contribution in [0, 0.1) is 5.92 Å². The molecule has 0 spiro atoms. The Balaban J connectivity index is 2.01. The van der Waals surface area contributed by atoms with E-state index >= 15 is 0 Å². The van der Waals surface area contributed by atoms with E-state index in [1.54, 1.807) is 0 Å². The molecule has 0 saturated heterocycles. The van der Waals surface area contributed by atoms with Crippen LogP contribution in [0.25, 0.3) is 0 Å². The van der Waals surface area contributed by atoms with Crippen molar-refractivity contribution in [1.82, 2.24) is 5.01 Å². The van der Waals surface area contributed by atoms with Gasteiger partial charge in [-0.15, -0.1) is 0 Å². The van der Waals surface area contributed by atoms with Gasteiger partial charge in [0.1, 0.15) is 5.71 Å². The lowest BCUT2D eigenvalue weighted by atomic mass is 10.1. The molecule has 1 saturated carbocycles. The van der Waals surface area contributed by atoms with Crippen LogP contribution < -0.4 is 0 Å². The van der Waals surface area contributed by atoms with Gasteiger partial charge >= 0.3 is 5.97 Å². The first-order valence-corrected chi connectivity index (χ1v) is 5.86. The quantitative estimate of drug-likeness (QED) is 0.835. The number of carboxylic acids is 1. The molecule has 1 fully saturated rings. The zero-order valence-corrected chi connectivity index (χ0v) is 9.73. The Morgan fingerprint density at radius 1 is 1.50 bits per heavy atom. The normalized spacial score (nSPS) is 27.2. The predicted molar refractivity (Wildman–Crippen MR) is 58.3 cm³/mol. The molecule has 0 aromatic carbocycles. The van der Waals surface area contributed by atoms with Gasteiger partial charge in [0.2, 0.25) is 11.8 Å². The molecule has 0 aromatic rings. The highest BCUT2D eigenvalue weighted by atomic mass is 19.3. The molecule has 0 aromatic heterocycles. The van der Waals surface area contributed by atoms with Crippen LogP contribution in [-0.2, 0) is 9.59 Å². The number of hydrogen-bond acceptors (Lipinski definition) is 3. The second-order valence-corrected chi connectivity index (χ2v) is 4.79. The SMILES string of the molecule is O=C(O)C1=NN(CC2CCC(F)(F)C2)C(=O)CC1. The average molecular weight is 260 g/mol. The van der Waals surface area contributed by atoms with Crippen molar-refractivity contribution < 1.29 is 23.5 Å². The highest BCUT2D eigenvalue weighted by molar-refractivity contribution is 6.36. The van der Waals surface area contributed by atoms with Crippen LogP contribution in [0.3, 0.4) is 0 Å². The number of carbonyl (C=O) groups is 2. The molecule has 1 heterocycles. The lowest BCUT2D eigenvalue weighted by Crippen LogP contribution is -2.37. The Morgan fingerprint density at radius 3 is 2.78 bits per heavy atom. The third-order valence-corrected chi connectivity index (χ3v) is 3.29. The van der Waals surface area contributed by atoms with E-state index in [-0.39, 0.29) is 49.8 Å². The number of hydrazone groups is 1. The summed E-state index contributed by atoms with van der Waals surface area (Å²) in [6, 6.07) is 0. The van der Waals surface area contributed by atoms with Crippen LogP contribution in [0.5, 0.6) is 0 Å². The largest absolute Gasteiger partial charge is 0.477 e. The minimum Gasteiger partial charge on any atom is -0.477 e. The first-order valence-electron chi connectivity index (χ1n) is 5.86. The summed E-state index contributed by atoms with van der Waals surface area (Å²) in [5, 5.41) is 13.6. The van der Waals surface area contributed by atoms with Gasteiger partial charge in [0, 0.05) is 32.2 Å². The molecule has 0 bridgehead atoms. The number of rotatable bonds is 3. The molecular weight excluding hydrogens is 246 g/mol. The van der Waals surface area contributed by atoms with E-state index in [4.69, 9.17) is 5.11 Å². The number of halogens is 2. The number of carbonyl (C=O) groups excluding carboxylic acids is 1. The summed E-state index contributed by atoms with van der Waals surface area (Å²) in [6.45, 7) is 0.0885. The predicted octanol–water partition coefficient (Wildman–Crippen LogP) is 1.48. The number of amides is 1. The van der Waals surface area contributed by atoms with Gasteiger partial charge in [-0.25, -0.2) is 18.6 Å². The summed E-state index contributed by atoms with van der Waals surface area (Å²) in [4.78, 5) is 22.3. The van der Waals surface area contributed by atoms with Crippen molar-refractivity contribution in [2.75, 3.05) is 6.54 Å². The molecule has 2 aliphatic rings. The molecule has 18 heavy (non-hydrogen) atoms. The fourth-order valence-corrected chi connectivity index (χ4v) is 2.34. The topological polar surface area (TPSA) is 70.0 Å². The Morgan fingerprint density at radius 2 is 2.22 bits per heavy atom. The lowest BCUT2D eigenvalue weighted by molar-refractivity contribution is -0.133. The fourth-order valence-electron chi connectivity index (χ4n) is 2.34. The zero-order chi connectivity index (χ0) is 13.3. The molecule has 5 nitrogen and oxygen atoms in total. The first kappa shape index (κ1) is 12.9. The maximum Gasteiger partial charge on any atom is 0.352 e. The van der Waals surface area contributed by atoms with Crippen LogP contribution in [0.1, 0.15) is 32.1 Å². The third-order valence-electron chi connectivity index (χ3n) is 3.29. The summed E-state index contributed by atoms with van der Waals surface area (Å²) >= 11 is 0. The number of aliphatic carboxylic acids is 1. The van der Waals surface area contributed by atoms with Crippen molar-refractivity contribution in [3.63, 3.8) is 0 Å². The van der Waals surface area contributed by atoms with E-state index in [1.165, 1.54) is 0 Å². The fraction of sp³-hybridized carbons (Fsp3) is 0.727. The number of carboxylic acid groups (broad SMARTS) is 1. The molecular formula is C11H14F2N2O3. The van der Waals surface area contributed by atoms with Gasteiger partial charge in [-0.3, -0.25) is 4.79 Å². The Labute approximate surface area is 102 Å². The monoisotopic (exact) mass is 260 g/mol. The number of nitrogens with zero attached hydrogens (tertiary/aromatic N) is 2.